The molecule has 2 aromatic rings. The first-order valence-corrected chi connectivity index (χ1v) is 7.84. The van der Waals surface area contributed by atoms with Gasteiger partial charge in [-0.2, -0.15) is 0 Å². The highest BCUT2D eigenvalue weighted by molar-refractivity contribution is 7.10. The van der Waals surface area contributed by atoms with Gasteiger partial charge in [-0.1, -0.05) is 6.07 Å². The van der Waals surface area contributed by atoms with Crippen LogP contribution in [-0.4, -0.2) is 35.6 Å². The van der Waals surface area contributed by atoms with Crippen LogP contribution in [0.2, 0.25) is 0 Å². The Morgan fingerprint density at radius 3 is 2.90 bits per heavy atom. The number of nitrogens with zero attached hydrogens (tertiary/aromatic N) is 2. The molecule has 2 aromatic heterocycles. The van der Waals surface area contributed by atoms with Crippen LogP contribution in [0.5, 0.6) is 0 Å². The molecule has 1 saturated heterocycles. The number of aromatic nitrogens is 2. The molecule has 3 rings (SSSR count). The van der Waals surface area contributed by atoms with Gasteiger partial charge in [0.1, 0.15) is 5.69 Å². The summed E-state index contributed by atoms with van der Waals surface area (Å²) in [4.78, 5) is 21.4. The maximum atomic E-state index is 12.2. The Morgan fingerprint density at radius 2 is 2.24 bits per heavy atom. The van der Waals surface area contributed by atoms with Crippen LogP contribution in [0.15, 0.2) is 36.1 Å². The minimum Gasteiger partial charge on any atom is -0.381 e. The summed E-state index contributed by atoms with van der Waals surface area (Å²) in [5.74, 6) is -0.175. The smallest absolute Gasteiger partial charge is 0.271 e. The zero-order chi connectivity index (χ0) is 14.5. The van der Waals surface area contributed by atoms with Crippen molar-refractivity contribution in [3.8, 4) is 0 Å². The quantitative estimate of drug-likeness (QED) is 0.938. The van der Waals surface area contributed by atoms with E-state index in [1.807, 2.05) is 0 Å². The molecular formula is C15H17N3O2S. The van der Waals surface area contributed by atoms with Crippen molar-refractivity contribution >= 4 is 17.2 Å². The number of amides is 1. The third kappa shape index (κ3) is 3.11. The molecule has 1 aliphatic heterocycles. The van der Waals surface area contributed by atoms with Crippen LogP contribution in [0.1, 0.15) is 28.2 Å². The van der Waals surface area contributed by atoms with Crippen LogP contribution in [0.3, 0.4) is 0 Å². The lowest BCUT2D eigenvalue weighted by atomic mass is 9.78. The molecule has 0 radical (unpaired) electrons. The predicted molar refractivity (Wildman–Crippen MR) is 80.4 cm³/mol. The minimum absolute atomic E-state index is 0.0235. The fourth-order valence-electron chi connectivity index (χ4n) is 2.61. The molecule has 6 heteroatoms. The first kappa shape index (κ1) is 14.2. The van der Waals surface area contributed by atoms with Gasteiger partial charge in [-0.25, -0.2) is 4.98 Å². The van der Waals surface area contributed by atoms with Gasteiger partial charge in [-0.05, 0) is 24.3 Å². The molecule has 5 nitrogen and oxygen atoms in total. The van der Waals surface area contributed by atoms with Crippen molar-refractivity contribution in [1.29, 1.82) is 0 Å². The first-order valence-electron chi connectivity index (χ1n) is 6.96. The lowest BCUT2D eigenvalue weighted by molar-refractivity contribution is 0.0498. The number of carbonyl (C=O) groups excluding carboxylic acids is 1. The van der Waals surface area contributed by atoms with Gasteiger partial charge in [0.2, 0.25) is 0 Å². The lowest BCUT2D eigenvalue weighted by Crippen LogP contribution is -2.44. The second-order valence-electron chi connectivity index (χ2n) is 5.14. The summed E-state index contributed by atoms with van der Waals surface area (Å²) in [6, 6.07) is 4.20. The summed E-state index contributed by atoms with van der Waals surface area (Å²) in [6.07, 6.45) is 6.42. The van der Waals surface area contributed by atoms with Gasteiger partial charge >= 0.3 is 0 Å². The molecule has 0 atom stereocenters. The third-order valence-corrected chi connectivity index (χ3v) is 4.99. The Labute approximate surface area is 127 Å². The number of thiophene rings is 1. The van der Waals surface area contributed by atoms with Gasteiger partial charge in [-0.15, -0.1) is 11.3 Å². The minimum atomic E-state index is -0.175. The molecule has 0 unspecified atom stereocenters. The molecule has 0 spiro atoms. The maximum Gasteiger partial charge on any atom is 0.271 e. The van der Waals surface area contributed by atoms with Crippen molar-refractivity contribution in [3.63, 3.8) is 0 Å². The highest BCUT2D eigenvalue weighted by Gasteiger charge is 2.35. The van der Waals surface area contributed by atoms with Crippen LogP contribution in [-0.2, 0) is 10.2 Å². The number of hydrogen-bond donors (Lipinski definition) is 1. The van der Waals surface area contributed by atoms with E-state index in [1.54, 1.807) is 17.5 Å². The number of carbonyl (C=O) groups is 1. The molecule has 1 aliphatic rings. The predicted octanol–water partition coefficient (Wildman–Crippen LogP) is 2.02. The molecular weight excluding hydrogens is 286 g/mol. The van der Waals surface area contributed by atoms with Gasteiger partial charge in [0.15, 0.2) is 0 Å². The maximum absolute atomic E-state index is 12.2. The van der Waals surface area contributed by atoms with E-state index in [0.717, 1.165) is 26.1 Å². The number of nitrogens with one attached hydrogen (secondary N) is 1. The van der Waals surface area contributed by atoms with Crippen molar-refractivity contribution < 1.29 is 9.53 Å². The van der Waals surface area contributed by atoms with Crippen LogP contribution < -0.4 is 5.32 Å². The zero-order valence-corrected chi connectivity index (χ0v) is 12.4. The van der Waals surface area contributed by atoms with E-state index in [4.69, 9.17) is 4.74 Å². The fourth-order valence-corrected chi connectivity index (χ4v) is 3.60. The van der Waals surface area contributed by atoms with E-state index < -0.39 is 0 Å². The standard InChI is InChI=1S/C15H17N3O2S/c19-14(12-10-16-5-6-17-12)18-11-15(3-7-20-8-4-15)13-2-1-9-21-13/h1-2,5-6,9-10H,3-4,7-8,11H2,(H,18,19). The summed E-state index contributed by atoms with van der Waals surface area (Å²) >= 11 is 1.74. The van der Waals surface area contributed by atoms with Crippen molar-refractivity contribution in [3.05, 3.63) is 46.7 Å². The Morgan fingerprint density at radius 1 is 1.38 bits per heavy atom. The molecule has 1 amide bonds. The molecule has 110 valence electrons. The largest absolute Gasteiger partial charge is 0.381 e. The van der Waals surface area contributed by atoms with Crippen molar-refractivity contribution in [1.82, 2.24) is 15.3 Å². The lowest BCUT2D eigenvalue weighted by Gasteiger charge is -2.36. The van der Waals surface area contributed by atoms with E-state index in [1.165, 1.54) is 17.3 Å². The summed E-state index contributed by atoms with van der Waals surface area (Å²) in [6.45, 7) is 2.07. The monoisotopic (exact) mass is 303 g/mol. The van der Waals surface area contributed by atoms with E-state index >= 15 is 0 Å². The van der Waals surface area contributed by atoms with Gasteiger partial charge < -0.3 is 10.1 Å². The highest BCUT2D eigenvalue weighted by atomic mass is 32.1. The van der Waals surface area contributed by atoms with E-state index in [9.17, 15) is 4.79 Å². The molecule has 3 heterocycles. The average Bonchev–Trinajstić information content (AvgIpc) is 3.09. The number of ether oxygens (including phenoxy) is 1. The Hall–Kier alpha value is -1.79. The number of rotatable bonds is 4. The van der Waals surface area contributed by atoms with Crippen LogP contribution >= 0.6 is 11.3 Å². The van der Waals surface area contributed by atoms with Gasteiger partial charge in [-0.3, -0.25) is 9.78 Å². The Balaban J connectivity index is 1.72. The summed E-state index contributed by atoms with van der Waals surface area (Å²) in [7, 11) is 0. The second kappa shape index (κ2) is 6.32. The summed E-state index contributed by atoms with van der Waals surface area (Å²) < 4.78 is 5.48. The van der Waals surface area contributed by atoms with Gasteiger partial charge in [0.25, 0.3) is 5.91 Å². The Kier molecular flexibility index (Phi) is 4.26. The van der Waals surface area contributed by atoms with Crippen molar-refractivity contribution in [2.75, 3.05) is 19.8 Å². The van der Waals surface area contributed by atoms with Crippen molar-refractivity contribution in [2.45, 2.75) is 18.3 Å². The third-order valence-electron chi connectivity index (χ3n) is 3.88. The normalized spacial score (nSPS) is 17.3. The molecule has 0 saturated carbocycles. The van der Waals surface area contributed by atoms with E-state index in [0.29, 0.717) is 12.2 Å². The van der Waals surface area contributed by atoms with Crippen molar-refractivity contribution in [2.24, 2.45) is 0 Å². The number of hydrogen-bond acceptors (Lipinski definition) is 5. The topological polar surface area (TPSA) is 64.1 Å². The van der Waals surface area contributed by atoms with E-state index in [-0.39, 0.29) is 11.3 Å². The summed E-state index contributed by atoms with van der Waals surface area (Å²) in [5, 5.41) is 5.09. The van der Waals surface area contributed by atoms with Crippen LogP contribution in [0, 0.1) is 0 Å². The highest BCUT2D eigenvalue weighted by Crippen LogP contribution is 2.36. The van der Waals surface area contributed by atoms with Crippen LogP contribution in [0.25, 0.3) is 0 Å². The SMILES string of the molecule is O=C(NCC1(c2cccs2)CCOCC1)c1cnccn1. The molecule has 0 aromatic carbocycles. The Bertz CT molecular complexity index is 580. The molecule has 0 bridgehead atoms. The first-order chi connectivity index (χ1) is 10.3. The van der Waals surface area contributed by atoms with Gasteiger partial charge in [0, 0.05) is 42.4 Å². The van der Waals surface area contributed by atoms with Gasteiger partial charge in [0.05, 0.1) is 6.20 Å². The zero-order valence-electron chi connectivity index (χ0n) is 11.6. The van der Waals surface area contributed by atoms with Crippen LogP contribution in [0.4, 0.5) is 0 Å². The van der Waals surface area contributed by atoms with E-state index in [2.05, 4.69) is 32.8 Å². The second-order valence-corrected chi connectivity index (χ2v) is 6.09. The molecule has 21 heavy (non-hydrogen) atoms. The summed E-state index contributed by atoms with van der Waals surface area (Å²) in [5.41, 5.74) is 0.329. The molecule has 1 N–H and O–H groups in total. The molecule has 0 aliphatic carbocycles. The average molecular weight is 303 g/mol. The molecule has 1 fully saturated rings. The fraction of sp³-hybridized carbons (Fsp3) is 0.400.